The smallest absolute Gasteiger partial charge is 0.131 e. The highest BCUT2D eigenvalue weighted by Crippen LogP contribution is 2.23. The molecule has 2 rings (SSSR count). The summed E-state index contributed by atoms with van der Waals surface area (Å²) in [6.07, 6.45) is 0. The Morgan fingerprint density at radius 3 is 2.71 bits per heavy atom. The van der Waals surface area contributed by atoms with Gasteiger partial charge in [0.1, 0.15) is 11.6 Å². The van der Waals surface area contributed by atoms with E-state index in [4.69, 9.17) is 9.47 Å². The van der Waals surface area contributed by atoms with E-state index < -0.39 is 0 Å². The molecule has 1 aliphatic heterocycles. The van der Waals surface area contributed by atoms with Crippen molar-refractivity contribution in [2.24, 2.45) is 0 Å². The van der Waals surface area contributed by atoms with Crippen LogP contribution >= 0.6 is 0 Å². The van der Waals surface area contributed by atoms with Crippen molar-refractivity contribution < 1.29 is 13.9 Å². The molecule has 0 saturated carbocycles. The number of benzene rings is 1. The summed E-state index contributed by atoms with van der Waals surface area (Å²) in [6, 6.07) is 3.33. The monoisotopic (exact) mass is 239 g/mol. The maximum atomic E-state index is 13.8. The van der Waals surface area contributed by atoms with Crippen LogP contribution in [0.1, 0.15) is 11.1 Å². The van der Waals surface area contributed by atoms with E-state index in [1.165, 1.54) is 6.07 Å². The Hall–Kier alpha value is -1.13. The van der Waals surface area contributed by atoms with E-state index in [0.717, 1.165) is 37.4 Å². The Kier molecular flexibility index (Phi) is 3.97. The largest absolute Gasteiger partial charge is 0.496 e. The molecule has 0 aromatic heterocycles. The van der Waals surface area contributed by atoms with Gasteiger partial charge in [0.25, 0.3) is 0 Å². The number of hydrogen-bond acceptors (Lipinski definition) is 3. The molecule has 0 atom stereocenters. The van der Waals surface area contributed by atoms with Gasteiger partial charge in [-0.1, -0.05) is 0 Å². The van der Waals surface area contributed by atoms with Crippen molar-refractivity contribution in [3.05, 3.63) is 29.1 Å². The predicted molar refractivity (Wildman–Crippen MR) is 63.8 cm³/mol. The molecule has 4 heteroatoms. The molecule has 0 amide bonds. The van der Waals surface area contributed by atoms with Gasteiger partial charge in [0.2, 0.25) is 0 Å². The van der Waals surface area contributed by atoms with Gasteiger partial charge >= 0.3 is 0 Å². The summed E-state index contributed by atoms with van der Waals surface area (Å²) in [6.45, 7) is 5.77. The van der Waals surface area contributed by atoms with Gasteiger partial charge in [-0.2, -0.15) is 0 Å². The maximum Gasteiger partial charge on any atom is 0.131 e. The molecule has 0 radical (unpaired) electrons. The van der Waals surface area contributed by atoms with Gasteiger partial charge in [-0.3, -0.25) is 4.90 Å². The molecule has 0 bridgehead atoms. The van der Waals surface area contributed by atoms with E-state index in [0.29, 0.717) is 12.3 Å². The van der Waals surface area contributed by atoms with Crippen molar-refractivity contribution in [3.63, 3.8) is 0 Å². The number of hydrogen-bond donors (Lipinski definition) is 0. The second kappa shape index (κ2) is 5.47. The molecule has 1 fully saturated rings. The van der Waals surface area contributed by atoms with Crippen molar-refractivity contribution in [3.8, 4) is 5.75 Å². The molecule has 0 spiro atoms. The maximum absolute atomic E-state index is 13.8. The number of morpholine rings is 1. The lowest BCUT2D eigenvalue weighted by molar-refractivity contribution is 0.0337. The van der Waals surface area contributed by atoms with Gasteiger partial charge in [-0.25, -0.2) is 4.39 Å². The van der Waals surface area contributed by atoms with E-state index in [9.17, 15) is 4.39 Å². The third-order valence-corrected chi connectivity index (χ3v) is 3.06. The molecule has 1 aromatic carbocycles. The molecular weight excluding hydrogens is 221 g/mol. The van der Waals surface area contributed by atoms with Crippen LogP contribution in [0.5, 0.6) is 5.75 Å². The molecule has 17 heavy (non-hydrogen) atoms. The fourth-order valence-corrected chi connectivity index (χ4v) is 2.06. The standard InChI is InChI=1S/C13H18FNO2/c1-10-7-11(12(14)8-13(10)16-2)9-15-3-5-17-6-4-15/h7-8H,3-6,9H2,1-2H3. The third kappa shape index (κ3) is 2.96. The molecule has 94 valence electrons. The van der Waals surface area contributed by atoms with Gasteiger partial charge in [0, 0.05) is 31.3 Å². The molecule has 1 heterocycles. The first kappa shape index (κ1) is 12.3. The highest BCUT2D eigenvalue weighted by molar-refractivity contribution is 5.37. The lowest BCUT2D eigenvalue weighted by Crippen LogP contribution is -2.35. The molecular formula is C13H18FNO2. The Morgan fingerprint density at radius 1 is 1.35 bits per heavy atom. The lowest BCUT2D eigenvalue weighted by atomic mass is 10.1. The van der Waals surface area contributed by atoms with Gasteiger partial charge in [-0.05, 0) is 18.6 Å². The van der Waals surface area contributed by atoms with Gasteiger partial charge < -0.3 is 9.47 Å². The quantitative estimate of drug-likeness (QED) is 0.805. The van der Waals surface area contributed by atoms with Crippen LogP contribution in [0.15, 0.2) is 12.1 Å². The van der Waals surface area contributed by atoms with Gasteiger partial charge in [0.15, 0.2) is 0 Å². The van der Waals surface area contributed by atoms with Gasteiger partial charge in [0.05, 0.1) is 20.3 Å². The minimum Gasteiger partial charge on any atom is -0.496 e. The molecule has 0 unspecified atom stereocenters. The molecule has 1 aliphatic rings. The van der Waals surface area contributed by atoms with Crippen molar-refractivity contribution in [2.75, 3.05) is 33.4 Å². The second-order valence-corrected chi connectivity index (χ2v) is 4.30. The predicted octanol–water partition coefficient (Wildman–Crippen LogP) is 1.97. The van der Waals surface area contributed by atoms with E-state index in [1.807, 2.05) is 13.0 Å². The van der Waals surface area contributed by atoms with Crippen LogP contribution in [0.2, 0.25) is 0 Å². The molecule has 1 saturated heterocycles. The van der Waals surface area contributed by atoms with Crippen LogP contribution in [-0.2, 0) is 11.3 Å². The van der Waals surface area contributed by atoms with Crippen LogP contribution in [-0.4, -0.2) is 38.3 Å². The van der Waals surface area contributed by atoms with E-state index in [1.54, 1.807) is 7.11 Å². The summed E-state index contributed by atoms with van der Waals surface area (Å²) < 4.78 is 24.2. The highest BCUT2D eigenvalue weighted by atomic mass is 19.1. The summed E-state index contributed by atoms with van der Waals surface area (Å²) in [5.41, 5.74) is 1.70. The zero-order chi connectivity index (χ0) is 12.3. The first-order chi connectivity index (χ1) is 8.20. The normalized spacial score (nSPS) is 17.1. The highest BCUT2D eigenvalue weighted by Gasteiger charge is 2.14. The Morgan fingerprint density at radius 2 is 2.06 bits per heavy atom. The minimum atomic E-state index is -0.195. The fourth-order valence-electron chi connectivity index (χ4n) is 2.06. The van der Waals surface area contributed by atoms with Crippen molar-refractivity contribution >= 4 is 0 Å². The first-order valence-corrected chi connectivity index (χ1v) is 5.84. The summed E-state index contributed by atoms with van der Waals surface area (Å²) in [4.78, 5) is 2.20. The molecule has 0 N–H and O–H groups in total. The van der Waals surface area contributed by atoms with E-state index >= 15 is 0 Å². The molecule has 0 aliphatic carbocycles. The summed E-state index contributed by atoms with van der Waals surface area (Å²) in [7, 11) is 1.56. The lowest BCUT2D eigenvalue weighted by Gasteiger charge is -2.26. The van der Waals surface area contributed by atoms with E-state index in [2.05, 4.69) is 4.90 Å². The van der Waals surface area contributed by atoms with Crippen LogP contribution in [0.25, 0.3) is 0 Å². The van der Waals surface area contributed by atoms with Crippen molar-refractivity contribution in [2.45, 2.75) is 13.5 Å². The Bertz CT molecular complexity index is 389. The van der Waals surface area contributed by atoms with Crippen LogP contribution in [0.4, 0.5) is 4.39 Å². The van der Waals surface area contributed by atoms with E-state index in [-0.39, 0.29) is 5.82 Å². The summed E-state index contributed by atoms with van der Waals surface area (Å²) in [5.74, 6) is 0.409. The van der Waals surface area contributed by atoms with Crippen molar-refractivity contribution in [1.82, 2.24) is 4.90 Å². The molecule has 1 aromatic rings. The number of aryl methyl sites for hydroxylation is 1. The zero-order valence-corrected chi connectivity index (χ0v) is 10.3. The first-order valence-electron chi connectivity index (χ1n) is 5.84. The zero-order valence-electron chi connectivity index (χ0n) is 10.3. The number of ether oxygens (including phenoxy) is 2. The average molecular weight is 239 g/mol. The Balaban J connectivity index is 2.12. The number of rotatable bonds is 3. The number of methoxy groups -OCH3 is 1. The van der Waals surface area contributed by atoms with Crippen LogP contribution in [0.3, 0.4) is 0 Å². The minimum absolute atomic E-state index is 0.195. The fraction of sp³-hybridized carbons (Fsp3) is 0.538. The van der Waals surface area contributed by atoms with Crippen molar-refractivity contribution in [1.29, 1.82) is 0 Å². The third-order valence-electron chi connectivity index (χ3n) is 3.06. The molecule has 3 nitrogen and oxygen atoms in total. The average Bonchev–Trinajstić information content (AvgIpc) is 2.34. The van der Waals surface area contributed by atoms with Crippen LogP contribution < -0.4 is 4.74 Å². The Labute approximate surface area is 101 Å². The summed E-state index contributed by atoms with van der Waals surface area (Å²) >= 11 is 0. The number of halogens is 1. The summed E-state index contributed by atoms with van der Waals surface area (Å²) in [5, 5.41) is 0. The van der Waals surface area contributed by atoms with Gasteiger partial charge in [-0.15, -0.1) is 0 Å². The van der Waals surface area contributed by atoms with Crippen LogP contribution in [0, 0.1) is 12.7 Å². The second-order valence-electron chi connectivity index (χ2n) is 4.30. The number of nitrogens with zero attached hydrogens (tertiary/aromatic N) is 1. The SMILES string of the molecule is COc1cc(F)c(CN2CCOCC2)cc1C. The topological polar surface area (TPSA) is 21.7 Å².